The Bertz CT molecular complexity index is 529. The fourth-order valence-electron chi connectivity index (χ4n) is 1.56. The van der Waals surface area contributed by atoms with Gasteiger partial charge in [0.2, 0.25) is 0 Å². The molecule has 17 heavy (non-hydrogen) atoms. The van der Waals surface area contributed by atoms with Crippen molar-refractivity contribution in [3.05, 3.63) is 54.5 Å². The molecule has 2 N–H and O–H groups in total. The van der Waals surface area contributed by atoms with Crippen molar-refractivity contribution in [1.29, 1.82) is 0 Å². The summed E-state index contributed by atoms with van der Waals surface area (Å²) >= 11 is 9.55. The average Bonchev–Trinajstić information content (AvgIpc) is 2.70. The Balaban J connectivity index is 2.12. The van der Waals surface area contributed by atoms with Gasteiger partial charge in [-0.3, -0.25) is 0 Å². The first-order valence-electron chi connectivity index (χ1n) is 4.99. The van der Waals surface area contributed by atoms with E-state index in [-0.39, 0.29) is 11.1 Å². The minimum atomic E-state index is -0.392. The summed E-state index contributed by atoms with van der Waals surface area (Å²) < 4.78 is 14.5. The van der Waals surface area contributed by atoms with Crippen molar-refractivity contribution >= 4 is 45.5 Å². The number of thiophene rings is 1. The summed E-state index contributed by atoms with van der Waals surface area (Å²) in [6, 6.07) is 6.77. The molecule has 0 fully saturated rings. The molecular weight excluding hydrogens is 372 g/mol. The van der Waals surface area contributed by atoms with Gasteiger partial charge in [-0.05, 0) is 63.7 Å². The summed E-state index contributed by atoms with van der Waals surface area (Å²) in [5.41, 5.74) is 8.03. The first-order chi connectivity index (χ1) is 8.06. The third kappa shape index (κ3) is 3.40. The Morgan fingerprint density at radius 2 is 2.18 bits per heavy atom. The largest absolute Gasteiger partial charge is 0.324 e. The van der Waals surface area contributed by atoms with Gasteiger partial charge in [0.05, 0.1) is 7.91 Å². The van der Waals surface area contributed by atoms with Gasteiger partial charge in [0, 0.05) is 6.04 Å². The summed E-state index contributed by atoms with van der Waals surface area (Å²) in [6.07, 6.45) is 0.612. The highest BCUT2D eigenvalue weighted by Crippen LogP contribution is 2.24. The molecule has 90 valence electrons. The Morgan fingerprint density at radius 1 is 1.41 bits per heavy atom. The SMILES string of the molecule is NC(Cc1ccc(Cl)c(F)c1)c1csc(I)c1. The molecular formula is C12H10ClFINS. The molecule has 2 aromatic rings. The van der Waals surface area contributed by atoms with E-state index < -0.39 is 5.82 Å². The number of hydrogen-bond acceptors (Lipinski definition) is 2. The van der Waals surface area contributed by atoms with Crippen molar-refractivity contribution in [3.63, 3.8) is 0 Å². The van der Waals surface area contributed by atoms with Crippen molar-refractivity contribution in [2.45, 2.75) is 12.5 Å². The van der Waals surface area contributed by atoms with Crippen LogP contribution >= 0.6 is 45.5 Å². The predicted molar refractivity (Wildman–Crippen MR) is 79.1 cm³/mol. The van der Waals surface area contributed by atoms with Crippen molar-refractivity contribution in [3.8, 4) is 0 Å². The zero-order valence-electron chi connectivity index (χ0n) is 8.79. The summed E-state index contributed by atoms with van der Waals surface area (Å²) in [4.78, 5) is 0. The van der Waals surface area contributed by atoms with Crippen LogP contribution in [0.25, 0.3) is 0 Å². The smallest absolute Gasteiger partial charge is 0.142 e. The van der Waals surface area contributed by atoms with E-state index in [1.54, 1.807) is 17.4 Å². The average molecular weight is 382 g/mol. The van der Waals surface area contributed by atoms with Crippen LogP contribution < -0.4 is 5.73 Å². The zero-order chi connectivity index (χ0) is 12.4. The fraction of sp³-hybridized carbons (Fsp3) is 0.167. The standard InChI is InChI=1S/C12H10ClFINS/c13-9-2-1-7(3-10(9)14)4-11(16)8-5-12(15)17-6-8/h1-3,5-6,11H,4,16H2. The molecule has 0 radical (unpaired) electrons. The summed E-state index contributed by atoms with van der Waals surface area (Å²) in [7, 11) is 0. The van der Waals surface area contributed by atoms with Crippen LogP contribution in [0.2, 0.25) is 5.02 Å². The Labute approximate surface area is 122 Å². The van der Waals surface area contributed by atoms with E-state index in [9.17, 15) is 4.39 Å². The van der Waals surface area contributed by atoms with Crippen LogP contribution in [0.3, 0.4) is 0 Å². The first kappa shape index (κ1) is 13.3. The molecule has 0 aliphatic rings. The van der Waals surface area contributed by atoms with Crippen LogP contribution in [0.15, 0.2) is 29.6 Å². The van der Waals surface area contributed by atoms with Crippen LogP contribution in [0.1, 0.15) is 17.2 Å². The van der Waals surface area contributed by atoms with Gasteiger partial charge in [0.1, 0.15) is 5.82 Å². The lowest BCUT2D eigenvalue weighted by Gasteiger charge is -2.10. The third-order valence-electron chi connectivity index (χ3n) is 2.46. The molecule has 0 saturated heterocycles. The number of halogens is 3. The highest BCUT2D eigenvalue weighted by atomic mass is 127. The summed E-state index contributed by atoms with van der Waals surface area (Å²) in [5.74, 6) is -0.392. The van der Waals surface area contributed by atoms with Gasteiger partial charge in [-0.2, -0.15) is 0 Å². The quantitative estimate of drug-likeness (QED) is 0.784. The maximum absolute atomic E-state index is 13.3. The van der Waals surface area contributed by atoms with E-state index in [4.69, 9.17) is 17.3 Å². The topological polar surface area (TPSA) is 26.0 Å². The molecule has 1 aromatic heterocycles. The maximum Gasteiger partial charge on any atom is 0.142 e. The molecule has 0 aliphatic carbocycles. The van der Waals surface area contributed by atoms with Crippen LogP contribution in [0, 0.1) is 8.70 Å². The minimum absolute atomic E-state index is 0.102. The number of benzene rings is 1. The molecule has 0 aliphatic heterocycles. The predicted octanol–water partition coefficient (Wildman–Crippen LogP) is 4.39. The summed E-state index contributed by atoms with van der Waals surface area (Å²) in [6.45, 7) is 0. The number of hydrogen-bond donors (Lipinski definition) is 1. The molecule has 0 amide bonds. The van der Waals surface area contributed by atoms with Crippen LogP contribution in [-0.4, -0.2) is 0 Å². The Kier molecular flexibility index (Phi) is 4.41. The highest BCUT2D eigenvalue weighted by Gasteiger charge is 2.10. The molecule has 1 atom stereocenters. The van der Waals surface area contributed by atoms with E-state index in [0.29, 0.717) is 6.42 Å². The molecule has 1 aromatic carbocycles. The van der Waals surface area contributed by atoms with E-state index in [2.05, 4.69) is 28.7 Å². The van der Waals surface area contributed by atoms with E-state index >= 15 is 0 Å². The molecule has 1 unspecified atom stereocenters. The summed E-state index contributed by atoms with van der Waals surface area (Å²) in [5, 5.41) is 2.19. The molecule has 1 heterocycles. The Hall–Kier alpha value is -0.170. The van der Waals surface area contributed by atoms with Crippen molar-refractivity contribution in [2.75, 3.05) is 0 Å². The lowest BCUT2D eigenvalue weighted by Crippen LogP contribution is -2.12. The van der Waals surface area contributed by atoms with Crippen LogP contribution in [0.4, 0.5) is 4.39 Å². The van der Waals surface area contributed by atoms with E-state index in [0.717, 1.165) is 11.1 Å². The molecule has 0 spiro atoms. The van der Waals surface area contributed by atoms with Gasteiger partial charge >= 0.3 is 0 Å². The van der Waals surface area contributed by atoms with Gasteiger partial charge in [-0.25, -0.2) is 4.39 Å². The number of nitrogens with two attached hydrogens (primary N) is 1. The molecule has 0 saturated carbocycles. The first-order valence-corrected chi connectivity index (χ1v) is 7.33. The lowest BCUT2D eigenvalue weighted by molar-refractivity contribution is 0.622. The normalized spacial score (nSPS) is 12.7. The van der Waals surface area contributed by atoms with Gasteiger partial charge < -0.3 is 5.73 Å². The fourth-order valence-corrected chi connectivity index (χ4v) is 3.11. The van der Waals surface area contributed by atoms with Crippen molar-refractivity contribution < 1.29 is 4.39 Å². The van der Waals surface area contributed by atoms with E-state index in [1.165, 1.54) is 8.95 Å². The second kappa shape index (κ2) is 5.65. The maximum atomic E-state index is 13.3. The van der Waals surface area contributed by atoms with E-state index in [1.807, 2.05) is 11.4 Å². The second-order valence-corrected chi connectivity index (χ2v) is 6.96. The van der Waals surface area contributed by atoms with Crippen molar-refractivity contribution in [2.24, 2.45) is 5.73 Å². The molecule has 2 rings (SSSR count). The Morgan fingerprint density at radius 3 is 2.76 bits per heavy atom. The van der Waals surface area contributed by atoms with Gasteiger partial charge in [-0.15, -0.1) is 11.3 Å². The van der Waals surface area contributed by atoms with Crippen LogP contribution in [-0.2, 0) is 6.42 Å². The highest BCUT2D eigenvalue weighted by molar-refractivity contribution is 14.1. The van der Waals surface area contributed by atoms with Gasteiger partial charge in [-0.1, -0.05) is 17.7 Å². The minimum Gasteiger partial charge on any atom is -0.324 e. The van der Waals surface area contributed by atoms with Crippen molar-refractivity contribution in [1.82, 2.24) is 0 Å². The lowest BCUT2D eigenvalue weighted by atomic mass is 10.0. The molecule has 0 bridgehead atoms. The number of rotatable bonds is 3. The second-order valence-electron chi connectivity index (χ2n) is 3.74. The molecule has 5 heteroatoms. The third-order valence-corrected chi connectivity index (χ3v) is 4.57. The van der Waals surface area contributed by atoms with Gasteiger partial charge in [0.15, 0.2) is 0 Å². The van der Waals surface area contributed by atoms with Gasteiger partial charge in [0.25, 0.3) is 0 Å². The van der Waals surface area contributed by atoms with Crippen LogP contribution in [0.5, 0.6) is 0 Å². The zero-order valence-corrected chi connectivity index (χ0v) is 12.5. The molecule has 1 nitrogen and oxygen atoms in total. The monoisotopic (exact) mass is 381 g/mol.